The molecule has 1 aliphatic rings. The van der Waals surface area contributed by atoms with E-state index in [0.29, 0.717) is 0 Å². The van der Waals surface area contributed by atoms with Crippen LogP contribution in [0.2, 0.25) is 0 Å². The van der Waals surface area contributed by atoms with Gasteiger partial charge in [-0.15, -0.1) is 11.3 Å². The first kappa shape index (κ1) is 16.4. The van der Waals surface area contributed by atoms with E-state index in [-0.39, 0.29) is 22.4 Å². The van der Waals surface area contributed by atoms with E-state index in [2.05, 4.69) is 17.4 Å². The first-order valence-electron chi connectivity index (χ1n) is 7.88. The molecule has 0 bridgehead atoms. The molecule has 3 nitrogen and oxygen atoms in total. The quantitative estimate of drug-likeness (QED) is 0.865. The number of carbonyl (C=O) groups is 1. The zero-order chi connectivity index (χ0) is 16.3. The highest BCUT2D eigenvalue weighted by molar-refractivity contribution is 7.86. The first-order valence-corrected chi connectivity index (χ1v) is 10.1. The number of benzene rings is 1. The number of nitrogens with one attached hydrogen (secondary N) is 1. The molecule has 1 amide bonds. The zero-order valence-electron chi connectivity index (χ0n) is 13.2. The van der Waals surface area contributed by atoms with Crippen molar-refractivity contribution in [1.29, 1.82) is 0 Å². The maximum atomic E-state index is 12.4. The molecule has 0 spiro atoms. The van der Waals surface area contributed by atoms with Gasteiger partial charge in [0, 0.05) is 15.7 Å². The molecule has 1 saturated carbocycles. The summed E-state index contributed by atoms with van der Waals surface area (Å²) < 4.78 is 12.4. The molecule has 122 valence electrons. The van der Waals surface area contributed by atoms with Crippen LogP contribution >= 0.6 is 11.3 Å². The van der Waals surface area contributed by atoms with Crippen LogP contribution in [0.3, 0.4) is 0 Å². The zero-order valence-corrected chi connectivity index (χ0v) is 14.8. The van der Waals surface area contributed by atoms with Gasteiger partial charge in [-0.25, -0.2) is 0 Å². The fourth-order valence-corrected chi connectivity index (χ4v) is 5.05. The predicted octanol–water partition coefficient (Wildman–Crippen LogP) is 3.75. The maximum Gasteiger partial charge on any atom is 0.233 e. The van der Waals surface area contributed by atoms with E-state index in [9.17, 15) is 9.00 Å². The van der Waals surface area contributed by atoms with Gasteiger partial charge in [-0.3, -0.25) is 9.00 Å². The highest BCUT2D eigenvalue weighted by atomic mass is 32.2. The lowest BCUT2D eigenvalue weighted by atomic mass is 9.72. The van der Waals surface area contributed by atoms with Crippen LogP contribution in [-0.4, -0.2) is 15.9 Å². The minimum absolute atomic E-state index is 0.0631. The summed E-state index contributed by atoms with van der Waals surface area (Å²) in [5.74, 6) is -0.0523. The number of thiophene rings is 1. The maximum absolute atomic E-state index is 12.4. The van der Waals surface area contributed by atoms with Crippen LogP contribution in [0, 0.1) is 0 Å². The van der Waals surface area contributed by atoms with Gasteiger partial charge in [0.2, 0.25) is 5.91 Å². The number of amides is 1. The minimum atomic E-state index is -1.19. The Hall–Kier alpha value is -1.46. The molecule has 2 atom stereocenters. The average molecular weight is 348 g/mol. The molecular weight excluding hydrogens is 326 g/mol. The van der Waals surface area contributed by atoms with Crippen molar-refractivity contribution < 1.29 is 9.00 Å². The third-order valence-electron chi connectivity index (χ3n) is 4.52. The van der Waals surface area contributed by atoms with Crippen LogP contribution in [0.4, 0.5) is 0 Å². The van der Waals surface area contributed by atoms with Crippen molar-refractivity contribution in [2.24, 2.45) is 0 Å². The SMILES string of the molecule is C[C@@H](c1cccs1)[S@](=O)CC(=O)NC1(c2ccccc2)CCC1. The Kier molecular flexibility index (Phi) is 4.97. The van der Waals surface area contributed by atoms with Gasteiger partial charge < -0.3 is 5.32 Å². The molecule has 0 radical (unpaired) electrons. The van der Waals surface area contributed by atoms with E-state index in [4.69, 9.17) is 0 Å². The summed E-state index contributed by atoms with van der Waals surface area (Å²) in [6.45, 7) is 1.92. The summed E-state index contributed by atoms with van der Waals surface area (Å²) in [5.41, 5.74) is 0.894. The summed E-state index contributed by atoms with van der Waals surface area (Å²) in [5, 5.41) is 5.02. The summed E-state index contributed by atoms with van der Waals surface area (Å²) in [4.78, 5) is 13.5. The first-order chi connectivity index (χ1) is 11.1. The Morgan fingerprint density at radius 1 is 1.26 bits per heavy atom. The molecule has 2 aromatic rings. The highest BCUT2D eigenvalue weighted by Crippen LogP contribution is 2.41. The Labute approximate surface area is 143 Å². The van der Waals surface area contributed by atoms with Crippen molar-refractivity contribution in [2.45, 2.75) is 37.0 Å². The molecule has 5 heteroatoms. The lowest BCUT2D eigenvalue weighted by Gasteiger charge is -2.43. The van der Waals surface area contributed by atoms with E-state index in [1.165, 1.54) is 0 Å². The standard InChI is InChI=1S/C18H21NO2S2/c1-14(16-9-5-12-22-16)23(21)13-17(20)19-18(10-6-11-18)15-7-3-2-4-8-15/h2-5,7-9,12,14H,6,10-11,13H2,1H3,(H,19,20)/t14-,23+/m0/s1. The molecule has 23 heavy (non-hydrogen) atoms. The number of rotatable bonds is 6. The van der Waals surface area contributed by atoms with E-state index in [0.717, 1.165) is 29.7 Å². The van der Waals surface area contributed by atoms with Crippen LogP contribution in [0.25, 0.3) is 0 Å². The van der Waals surface area contributed by atoms with Crippen LogP contribution in [-0.2, 0) is 21.1 Å². The van der Waals surface area contributed by atoms with Gasteiger partial charge >= 0.3 is 0 Å². The highest BCUT2D eigenvalue weighted by Gasteiger charge is 2.40. The van der Waals surface area contributed by atoms with Crippen molar-refractivity contribution in [2.75, 3.05) is 5.75 Å². The molecule has 3 rings (SSSR count). The smallest absolute Gasteiger partial charge is 0.233 e. The Morgan fingerprint density at radius 3 is 2.57 bits per heavy atom. The van der Waals surface area contributed by atoms with Crippen molar-refractivity contribution in [3.8, 4) is 0 Å². The molecule has 0 saturated heterocycles. The second-order valence-corrected chi connectivity index (χ2v) is 8.77. The monoisotopic (exact) mass is 347 g/mol. The van der Waals surface area contributed by atoms with Crippen LogP contribution in [0.5, 0.6) is 0 Å². The van der Waals surface area contributed by atoms with Crippen LogP contribution in [0.15, 0.2) is 47.8 Å². The summed E-state index contributed by atoms with van der Waals surface area (Å²) in [6, 6.07) is 14.0. The Morgan fingerprint density at radius 2 is 2.00 bits per heavy atom. The van der Waals surface area contributed by atoms with Crippen LogP contribution in [0.1, 0.15) is 41.9 Å². The second kappa shape index (κ2) is 6.97. The van der Waals surface area contributed by atoms with Gasteiger partial charge in [0.25, 0.3) is 0 Å². The molecule has 1 fully saturated rings. The Bertz CT molecular complexity index is 678. The minimum Gasteiger partial charge on any atom is -0.346 e. The van der Waals surface area contributed by atoms with Gasteiger partial charge in [-0.1, -0.05) is 36.4 Å². The fraction of sp³-hybridized carbons (Fsp3) is 0.389. The van der Waals surface area contributed by atoms with Gasteiger partial charge in [0.1, 0.15) is 5.75 Å². The molecule has 1 aliphatic carbocycles. The topological polar surface area (TPSA) is 46.2 Å². The third-order valence-corrected chi connectivity index (χ3v) is 7.32. The van der Waals surface area contributed by atoms with Crippen molar-refractivity contribution in [3.63, 3.8) is 0 Å². The van der Waals surface area contributed by atoms with Crippen LogP contribution < -0.4 is 5.32 Å². The van der Waals surface area contributed by atoms with Crippen molar-refractivity contribution >= 4 is 28.0 Å². The summed E-state index contributed by atoms with van der Waals surface area (Å²) in [7, 11) is -1.19. The molecule has 1 aromatic heterocycles. The molecule has 0 unspecified atom stereocenters. The molecule has 1 heterocycles. The second-order valence-electron chi connectivity index (χ2n) is 6.03. The van der Waals surface area contributed by atoms with E-state index in [1.54, 1.807) is 11.3 Å². The summed E-state index contributed by atoms with van der Waals surface area (Å²) >= 11 is 1.59. The van der Waals surface area contributed by atoms with Crippen molar-refractivity contribution in [1.82, 2.24) is 5.32 Å². The largest absolute Gasteiger partial charge is 0.346 e. The normalized spacial score (nSPS) is 18.7. The van der Waals surface area contributed by atoms with Crippen molar-refractivity contribution in [3.05, 3.63) is 58.3 Å². The lowest BCUT2D eigenvalue weighted by molar-refractivity contribution is -0.121. The van der Waals surface area contributed by atoms with Gasteiger partial charge in [0.15, 0.2) is 0 Å². The number of hydrogen-bond acceptors (Lipinski definition) is 3. The number of hydrogen-bond donors (Lipinski definition) is 1. The van der Waals surface area contributed by atoms with E-state index < -0.39 is 10.8 Å². The Balaban J connectivity index is 1.64. The third kappa shape index (κ3) is 3.56. The summed E-state index contributed by atoms with van der Waals surface area (Å²) in [6.07, 6.45) is 3.02. The number of carbonyl (C=O) groups excluding carboxylic acids is 1. The van der Waals surface area contributed by atoms with Gasteiger partial charge in [-0.05, 0) is 43.2 Å². The average Bonchev–Trinajstić information content (AvgIpc) is 3.05. The fourth-order valence-electron chi connectivity index (χ4n) is 2.98. The molecule has 1 aromatic carbocycles. The lowest BCUT2D eigenvalue weighted by Crippen LogP contribution is -2.52. The predicted molar refractivity (Wildman–Crippen MR) is 95.9 cm³/mol. The molecule has 0 aliphatic heterocycles. The van der Waals surface area contributed by atoms with E-state index >= 15 is 0 Å². The molecular formula is C18H21NO2S2. The van der Waals surface area contributed by atoms with Gasteiger partial charge in [0.05, 0.1) is 10.8 Å². The van der Waals surface area contributed by atoms with E-state index in [1.807, 2.05) is 42.6 Å². The molecule has 1 N–H and O–H groups in total. The van der Waals surface area contributed by atoms with Gasteiger partial charge in [-0.2, -0.15) is 0 Å².